The van der Waals surface area contributed by atoms with E-state index in [4.69, 9.17) is 15.9 Å². The Hall–Kier alpha value is -0.610. The zero-order valence-corrected chi connectivity index (χ0v) is 9.34. The van der Waals surface area contributed by atoms with Crippen LogP contribution in [0.3, 0.4) is 0 Å². The van der Waals surface area contributed by atoms with Gasteiger partial charge in [0.15, 0.2) is 0 Å². The van der Waals surface area contributed by atoms with Gasteiger partial charge in [-0.2, -0.15) is 0 Å². The summed E-state index contributed by atoms with van der Waals surface area (Å²) in [4.78, 5) is 2.24. The van der Waals surface area contributed by atoms with Gasteiger partial charge in [-0.05, 0) is 20.3 Å². The van der Waals surface area contributed by atoms with Crippen molar-refractivity contribution in [2.24, 2.45) is 5.73 Å². The largest absolute Gasteiger partial charge is 0.386 e. The molecule has 14 heavy (non-hydrogen) atoms. The Morgan fingerprint density at radius 2 is 2.29 bits per heavy atom. The molecule has 1 saturated heterocycles. The molecule has 82 valence electrons. The molecule has 1 unspecified atom stereocenters. The first-order chi connectivity index (χ1) is 6.46. The molecule has 0 amide bonds. The van der Waals surface area contributed by atoms with E-state index in [-0.39, 0.29) is 17.5 Å². The molecule has 3 N–H and O–H groups in total. The summed E-state index contributed by atoms with van der Waals surface area (Å²) in [5.74, 6) is 0.269. The molecule has 1 rings (SSSR count). The lowest BCUT2D eigenvalue weighted by Crippen LogP contribution is -2.55. The summed E-state index contributed by atoms with van der Waals surface area (Å²) in [5, 5.41) is 7.51. The molecule has 4 nitrogen and oxygen atoms in total. The Balaban J connectivity index is 2.62. The monoisotopic (exact) mass is 199 g/mol. The molecule has 1 aliphatic rings. The molecule has 0 aromatic carbocycles. The van der Waals surface area contributed by atoms with Gasteiger partial charge in [-0.3, -0.25) is 10.3 Å². The molecule has 1 heterocycles. The summed E-state index contributed by atoms with van der Waals surface area (Å²) < 4.78 is 5.62. The molecule has 0 radical (unpaired) electrons. The van der Waals surface area contributed by atoms with Gasteiger partial charge < -0.3 is 10.5 Å². The minimum absolute atomic E-state index is 0.0816. The highest BCUT2D eigenvalue weighted by Crippen LogP contribution is 2.19. The van der Waals surface area contributed by atoms with E-state index >= 15 is 0 Å². The fraction of sp³-hybridized carbons (Fsp3) is 0.900. The molecular formula is C10H21N3O. The molecule has 0 bridgehead atoms. The van der Waals surface area contributed by atoms with Crippen molar-refractivity contribution in [3.63, 3.8) is 0 Å². The van der Waals surface area contributed by atoms with Crippen LogP contribution in [0, 0.1) is 5.41 Å². The summed E-state index contributed by atoms with van der Waals surface area (Å²) >= 11 is 0. The second-order valence-electron chi connectivity index (χ2n) is 4.46. The van der Waals surface area contributed by atoms with Gasteiger partial charge in [0.25, 0.3) is 0 Å². The van der Waals surface area contributed by atoms with E-state index in [9.17, 15) is 0 Å². The summed E-state index contributed by atoms with van der Waals surface area (Å²) in [6.07, 6.45) is 0.894. The van der Waals surface area contributed by atoms with Gasteiger partial charge in [-0.15, -0.1) is 0 Å². The smallest absolute Gasteiger partial charge is 0.108 e. The average molecular weight is 199 g/mol. The zero-order valence-electron chi connectivity index (χ0n) is 9.34. The van der Waals surface area contributed by atoms with Crippen molar-refractivity contribution in [3.05, 3.63) is 0 Å². The van der Waals surface area contributed by atoms with Crippen molar-refractivity contribution in [2.75, 3.05) is 19.7 Å². The van der Waals surface area contributed by atoms with Crippen LogP contribution in [-0.4, -0.2) is 42.1 Å². The van der Waals surface area contributed by atoms with Gasteiger partial charge >= 0.3 is 0 Å². The van der Waals surface area contributed by atoms with E-state index in [0.29, 0.717) is 0 Å². The van der Waals surface area contributed by atoms with Gasteiger partial charge in [0.2, 0.25) is 0 Å². The molecule has 1 fully saturated rings. The van der Waals surface area contributed by atoms with Gasteiger partial charge in [-0.1, -0.05) is 6.92 Å². The van der Waals surface area contributed by atoms with Crippen LogP contribution in [0.5, 0.6) is 0 Å². The number of ether oxygens (including phenoxy) is 1. The zero-order chi connectivity index (χ0) is 10.8. The number of hydrogen-bond acceptors (Lipinski definition) is 3. The van der Waals surface area contributed by atoms with E-state index in [2.05, 4.69) is 25.7 Å². The van der Waals surface area contributed by atoms with Gasteiger partial charge in [0.05, 0.1) is 18.2 Å². The van der Waals surface area contributed by atoms with Crippen LogP contribution in [0.4, 0.5) is 0 Å². The Bertz CT molecular complexity index is 215. The third-order valence-corrected chi connectivity index (χ3v) is 2.64. The predicted octanol–water partition coefficient (Wildman–Crippen LogP) is 0.812. The highest BCUT2D eigenvalue weighted by molar-refractivity contribution is 5.82. The quantitative estimate of drug-likeness (QED) is 0.522. The van der Waals surface area contributed by atoms with Gasteiger partial charge in [0, 0.05) is 13.1 Å². The molecule has 0 aliphatic carbocycles. The van der Waals surface area contributed by atoms with E-state index in [1.54, 1.807) is 0 Å². The Morgan fingerprint density at radius 1 is 1.64 bits per heavy atom. The van der Waals surface area contributed by atoms with Crippen LogP contribution in [-0.2, 0) is 4.74 Å². The molecule has 0 saturated carbocycles. The van der Waals surface area contributed by atoms with Crippen LogP contribution < -0.4 is 5.73 Å². The van der Waals surface area contributed by atoms with Crippen LogP contribution in [0.1, 0.15) is 27.2 Å². The molecule has 1 aliphatic heterocycles. The first kappa shape index (κ1) is 11.5. The third-order valence-electron chi connectivity index (χ3n) is 2.64. The number of nitrogens with zero attached hydrogens (tertiary/aromatic N) is 1. The average Bonchev–Trinajstić information content (AvgIpc) is 2.02. The van der Waals surface area contributed by atoms with Gasteiger partial charge in [-0.25, -0.2) is 0 Å². The minimum Gasteiger partial charge on any atom is -0.386 e. The van der Waals surface area contributed by atoms with E-state index in [1.165, 1.54) is 0 Å². The van der Waals surface area contributed by atoms with Gasteiger partial charge in [0.1, 0.15) is 5.84 Å². The fourth-order valence-corrected chi connectivity index (χ4v) is 1.99. The maximum absolute atomic E-state index is 7.51. The topological polar surface area (TPSA) is 62.3 Å². The predicted molar refractivity (Wildman–Crippen MR) is 57.6 cm³/mol. The lowest BCUT2D eigenvalue weighted by Gasteiger charge is -2.41. The third kappa shape index (κ3) is 2.69. The van der Waals surface area contributed by atoms with Crippen molar-refractivity contribution in [2.45, 2.75) is 38.8 Å². The summed E-state index contributed by atoms with van der Waals surface area (Å²) in [5.41, 5.74) is 5.46. The number of amidine groups is 1. The molecule has 0 spiro atoms. The standard InChI is InChI=1S/C10H21N3O/c1-4-8(9(11)12)13-5-6-14-10(2,3)7-13/h8H,4-7H2,1-3H3,(H3,11,12). The number of nitrogens with two attached hydrogens (primary N) is 1. The van der Waals surface area contributed by atoms with Crippen molar-refractivity contribution < 1.29 is 4.74 Å². The van der Waals surface area contributed by atoms with Crippen LogP contribution >= 0.6 is 0 Å². The second-order valence-corrected chi connectivity index (χ2v) is 4.46. The number of rotatable bonds is 3. The van der Waals surface area contributed by atoms with E-state index in [1.807, 2.05) is 0 Å². The molecule has 1 atom stereocenters. The summed E-state index contributed by atoms with van der Waals surface area (Å²) in [7, 11) is 0. The highest BCUT2D eigenvalue weighted by Gasteiger charge is 2.31. The number of nitrogens with one attached hydrogen (secondary N) is 1. The Labute approximate surface area is 85.9 Å². The first-order valence-corrected chi connectivity index (χ1v) is 5.18. The summed E-state index contributed by atoms with van der Waals surface area (Å²) in [6.45, 7) is 8.68. The maximum Gasteiger partial charge on any atom is 0.108 e. The SMILES string of the molecule is CCC(C(=N)N)N1CCOC(C)(C)C1. The van der Waals surface area contributed by atoms with Crippen molar-refractivity contribution in [1.82, 2.24) is 4.90 Å². The van der Waals surface area contributed by atoms with Crippen molar-refractivity contribution in [1.29, 1.82) is 5.41 Å². The normalized spacial score (nSPS) is 24.5. The Morgan fingerprint density at radius 3 is 2.71 bits per heavy atom. The van der Waals surface area contributed by atoms with Crippen LogP contribution in [0.2, 0.25) is 0 Å². The Kier molecular flexibility index (Phi) is 3.50. The number of hydrogen-bond donors (Lipinski definition) is 2. The van der Waals surface area contributed by atoms with Crippen LogP contribution in [0.25, 0.3) is 0 Å². The number of morpholine rings is 1. The van der Waals surface area contributed by atoms with E-state index < -0.39 is 0 Å². The van der Waals surface area contributed by atoms with Crippen LogP contribution in [0.15, 0.2) is 0 Å². The molecular weight excluding hydrogens is 178 g/mol. The van der Waals surface area contributed by atoms with E-state index in [0.717, 1.165) is 26.1 Å². The van der Waals surface area contributed by atoms with Crippen molar-refractivity contribution >= 4 is 5.84 Å². The summed E-state index contributed by atoms with van der Waals surface area (Å²) in [6, 6.07) is 0.0816. The lowest BCUT2D eigenvalue weighted by atomic mass is 10.0. The first-order valence-electron chi connectivity index (χ1n) is 5.18. The minimum atomic E-state index is -0.110. The maximum atomic E-state index is 7.51. The second kappa shape index (κ2) is 4.28. The molecule has 0 aromatic rings. The molecule has 0 aromatic heterocycles. The lowest BCUT2D eigenvalue weighted by molar-refractivity contribution is -0.0911. The van der Waals surface area contributed by atoms with Crippen molar-refractivity contribution in [3.8, 4) is 0 Å². The fourth-order valence-electron chi connectivity index (χ4n) is 1.99. The molecule has 4 heteroatoms. The highest BCUT2D eigenvalue weighted by atomic mass is 16.5.